The molecular formula is C14H18Cl2N2O2S. The van der Waals surface area contributed by atoms with Gasteiger partial charge in [-0.15, -0.1) is 0 Å². The molecule has 7 heteroatoms. The van der Waals surface area contributed by atoms with Crippen molar-refractivity contribution in [1.82, 2.24) is 4.31 Å². The molecule has 0 aliphatic heterocycles. The van der Waals surface area contributed by atoms with E-state index in [-0.39, 0.29) is 27.5 Å². The topological polar surface area (TPSA) is 63.4 Å². The lowest BCUT2D eigenvalue weighted by Crippen LogP contribution is -2.35. The minimum Gasteiger partial charge on any atom is -0.320 e. The van der Waals surface area contributed by atoms with E-state index in [9.17, 15) is 8.42 Å². The van der Waals surface area contributed by atoms with Gasteiger partial charge in [0, 0.05) is 18.7 Å². The predicted molar refractivity (Wildman–Crippen MR) is 87.1 cm³/mol. The van der Waals surface area contributed by atoms with Crippen molar-refractivity contribution in [2.45, 2.75) is 31.2 Å². The van der Waals surface area contributed by atoms with Crippen LogP contribution in [0, 0.1) is 11.8 Å². The minimum atomic E-state index is -3.75. The van der Waals surface area contributed by atoms with Crippen molar-refractivity contribution >= 4 is 33.2 Å². The average molecular weight is 349 g/mol. The third kappa shape index (κ3) is 4.12. The fourth-order valence-corrected chi connectivity index (χ4v) is 4.26. The lowest BCUT2D eigenvalue weighted by atomic mass is 10.2. The number of nitrogens with two attached hydrogens (primary N) is 1. The smallest absolute Gasteiger partial charge is 0.246 e. The standard InChI is InChI=1S/C14H18Cl2N2O2S/c1-4-10(2)18(3)21(19,20)14-12(15)8-11(6-5-7-17)9-13(14)16/h8-10H,4,7,17H2,1-3H3. The van der Waals surface area contributed by atoms with Crippen molar-refractivity contribution in [3.8, 4) is 11.8 Å². The average Bonchev–Trinajstić information content (AvgIpc) is 2.42. The van der Waals surface area contributed by atoms with Crippen LogP contribution in [0.25, 0.3) is 0 Å². The van der Waals surface area contributed by atoms with Crippen LogP contribution in [0.3, 0.4) is 0 Å². The van der Waals surface area contributed by atoms with Gasteiger partial charge < -0.3 is 5.73 Å². The lowest BCUT2D eigenvalue weighted by molar-refractivity contribution is 0.380. The molecule has 1 unspecified atom stereocenters. The Morgan fingerprint density at radius 2 is 1.86 bits per heavy atom. The zero-order valence-electron chi connectivity index (χ0n) is 12.2. The number of rotatable bonds is 4. The van der Waals surface area contributed by atoms with Gasteiger partial charge in [-0.3, -0.25) is 0 Å². The highest BCUT2D eigenvalue weighted by atomic mass is 35.5. The molecule has 1 aromatic carbocycles. The lowest BCUT2D eigenvalue weighted by Gasteiger charge is -2.24. The zero-order valence-corrected chi connectivity index (χ0v) is 14.5. The van der Waals surface area contributed by atoms with Crippen LogP contribution in [-0.4, -0.2) is 32.4 Å². The first-order valence-electron chi connectivity index (χ1n) is 6.41. The van der Waals surface area contributed by atoms with Crippen LogP contribution in [0.4, 0.5) is 0 Å². The summed E-state index contributed by atoms with van der Waals surface area (Å²) < 4.78 is 26.5. The molecule has 0 fully saturated rings. The van der Waals surface area contributed by atoms with Gasteiger partial charge in [0.25, 0.3) is 0 Å². The van der Waals surface area contributed by atoms with Crippen LogP contribution >= 0.6 is 23.2 Å². The van der Waals surface area contributed by atoms with Gasteiger partial charge in [0.1, 0.15) is 4.90 Å². The van der Waals surface area contributed by atoms with Gasteiger partial charge in [-0.05, 0) is 25.5 Å². The summed E-state index contributed by atoms with van der Waals surface area (Å²) in [5.74, 6) is 5.44. The second-order valence-corrected chi connectivity index (χ2v) is 7.30. The van der Waals surface area contributed by atoms with Gasteiger partial charge in [0.05, 0.1) is 16.6 Å². The molecule has 0 bridgehead atoms. The second-order valence-electron chi connectivity index (χ2n) is 4.55. The third-order valence-corrected chi connectivity index (χ3v) is 6.08. The summed E-state index contributed by atoms with van der Waals surface area (Å²) in [4.78, 5) is -0.0908. The molecule has 1 aromatic rings. The Hall–Kier alpha value is -0.770. The number of benzene rings is 1. The molecule has 4 nitrogen and oxygen atoms in total. The molecule has 0 heterocycles. The van der Waals surface area contributed by atoms with Gasteiger partial charge in [-0.2, -0.15) is 4.31 Å². The SMILES string of the molecule is CCC(C)N(C)S(=O)(=O)c1c(Cl)cc(C#CCN)cc1Cl. The summed E-state index contributed by atoms with van der Waals surface area (Å²) in [7, 11) is -2.24. The van der Waals surface area contributed by atoms with Gasteiger partial charge in [0.2, 0.25) is 10.0 Å². The molecule has 1 rings (SSSR count). The van der Waals surface area contributed by atoms with E-state index in [1.165, 1.54) is 23.5 Å². The highest BCUT2D eigenvalue weighted by molar-refractivity contribution is 7.89. The van der Waals surface area contributed by atoms with E-state index >= 15 is 0 Å². The van der Waals surface area contributed by atoms with E-state index < -0.39 is 10.0 Å². The highest BCUT2D eigenvalue weighted by Gasteiger charge is 2.29. The Labute approximate surface area is 136 Å². The van der Waals surface area contributed by atoms with Crippen molar-refractivity contribution in [2.24, 2.45) is 5.73 Å². The highest BCUT2D eigenvalue weighted by Crippen LogP contribution is 2.33. The Bertz CT molecular complexity index is 655. The first-order chi connectivity index (χ1) is 9.75. The number of halogens is 2. The Kier molecular flexibility index (Phi) is 6.51. The summed E-state index contributed by atoms with van der Waals surface area (Å²) in [6, 6.07) is 2.81. The third-order valence-electron chi connectivity index (χ3n) is 3.18. The first kappa shape index (κ1) is 18.3. The molecule has 0 saturated carbocycles. The van der Waals surface area contributed by atoms with Crippen LogP contribution in [0.15, 0.2) is 17.0 Å². The van der Waals surface area contributed by atoms with E-state index in [4.69, 9.17) is 28.9 Å². The van der Waals surface area contributed by atoms with E-state index in [0.717, 1.165) is 0 Å². The summed E-state index contributed by atoms with van der Waals surface area (Å²) in [5.41, 5.74) is 5.83. The maximum Gasteiger partial charge on any atom is 0.246 e. The van der Waals surface area contributed by atoms with Crippen LogP contribution in [0.2, 0.25) is 10.0 Å². The Balaban J connectivity index is 3.38. The second kappa shape index (κ2) is 7.48. The molecule has 0 radical (unpaired) electrons. The van der Waals surface area contributed by atoms with Crippen molar-refractivity contribution in [2.75, 3.05) is 13.6 Å². The number of sulfonamides is 1. The number of hydrogen-bond acceptors (Lipinski definition) is 3. The van der Waals surface area contributed by atoms with Crippen molar-refractivity contribution < 1.29 is 8.42 Å². The molecule has 0 saturated heterocycles. The van der Waals surface area contributed by atoms with E-state index in [2.05, 4.69) is 11.8 Å². The fraction of sp³-hybridized carbons (Fsp3) is 0.429. The quantitative estimate of drug-likeness (QED) is 0.850. The maximum absolute atomic E-state index is 12.6. The van der Waals surface area contributed by atoms with Crippen molar-refractivity contribution in [3.05, 3.63) is 27.7 Å². The molecule has 0 aliphatic carbocycles. The van der Waals surface area contributed by atoms with Crippen LogP contribution in [-0.2, 0) is 10.0 Å². The number of nitrogens with zero attached hydrogens (tertiary/aromatic N) is 1. The Morgan fingerprint density at radius 1 is 1.33 bits per heavy atom. The molecule has 2 N–H and O–H groups in total. The van der Waals surface area contributed by atoms with Gasteiger partial charge >= 0.3 is 0 Å². The number of hydrogen-bond donors (Lipinski definition) is 1. The molecule has 21 heavy (non-hydrogen) atoms. The van der Waals surface area contributed by atoms with Gasteiger partial charge in [0.15, 0.2) is 0 Å². The molecule has 1 atom stereocenters. The van der Waals surface area contributed by atoms with Crippen molar-refractivity contribution in [1.29, 1.82) is 0 Å². The maximum atomic E-state index is 12.6. The minimum absolute atomic E-state index is 0.0546. The van der Waals surface area contributed by atoms with Crippen LogP contribution in [0.1, 0.15) is 25.8 Å². The van der Waals surface area contributed by atoms with Gasteiger partial charge in [-0.1, -0.05) is 42.0 Å². The summed E-state index contributed by atoms with van der Waals surface area (Å²) in [5, 5.41) is 0.109. The first-order valence-corrected chi connectivity index (χ1v) is 8.61. The molecule has 116 valence electrons. The van der Waals surface area contributed by atoms with Gasteiger partial charge in [-0.25, -0.2) is 8.42 Å². The van der Waals surface area contributed by atoms with Crippen molar-refractivity contribution in [3.63, 3.8) is 0 Å². The monoisotopic (exact) mass is 348 g/mol. The summed E-state index contributed by atoms with van der Waals surface area (Å²) in [6.07, 6.45) is 0.686. The predicted octanol–water partition coefficient (Wildman–Crippen LogP) is 2.72. The molecule has 0 aliphatic rings. The largest absolute Gasteiger partial charge is 0.320 e. The molecule has 0 aromatic heterocycles. The zero-order chi connectivity index (χ0) is 16.2. The van der Waals surface area contributed by atoms with Crippen LogP contribution in [0.5, 0.6) is 0 Å². The Morgan fingerprint density at radius 3 is 2.29 bits per heavy atom. The van der Waals surface area contributed by atoms with Crippen LogP contribution < -0.4 is 5.73 Å². The van der Waals surface area contributed by atoms with E-state index in [1.54, 1.807) is 0 Å². The fourth-order valence-electron chi connectivity index (χ4n) is 1.67. The summed E-state index contributed by atoms with van der Waals surface area (Å²) >= 11 is 12.2. The molecular weight excluding hydrogens is 331 g/mol. The van der Waals surface area contributed by atoms with E-state index in [0.29, 0.717) is 12.0 Å². The van der Waals surface area contributed by atoms with E-state index in [1.807, 2.05) is 13.8 Å². The summed E-state index contributed by atoms with van der Waals surface area (Å²) in [6.45, 7) is 3.93. The normalized spacial score (nSPS) is 12.9. The molecule has 0 spiro atoms. The molecule has 0 amide bonds.